The van der Waals surface area contributed by atoms with Crippen molar-refractivity contribution in [1.29, 1.82) is 0 Å². The van der Waals surface area contributed by atoms with Gasteiger partial charge in [-0.3, -0.25) is 0 Å². The summed E-state index contributed by atoms with van der Waals surface area (Å²) in [5.41, 5.74) is 28.0. The van der Waals surface area contributed by atoms with Gasteiger partial charge in [-0.1, -0.05) is 229 Å². The summed E-state index contributed by atoms with van der Waals surface area (Å²) in [4.78, 5) is 0. The molecule has 0 amide bonds. The fourth-order valence-electron chi connectivity index (χ4n) is 16.7. The van der Waals surface area contributed by atoms with Crippen LogP contribution in [0.4, 0.5) is 0 Å². The first-order chi connectivity index (χ1) is 51.1. The normalized spacial score (nSPS) is 12.7. The van der Waals surface area contributed by atoms with E-state index in [0.717, 1.165) is 55.3 Å². The minimum Gasteiger partial charge on any atom is -0.456 e. The molecule has 20 aromatic rings. The minimum atomic E-state index is 0.0303. The molecule has 0 spiro atoms. The Morgan fingerprint density at radius 1 is 0.198 bits per heavy atom. The highest BCUT2D eigenvalue weighted by atomic mass is 16.3. The van der Waals surface area contributed by atoms with Crippen LogP contribution in [-0.2, 0) is 21.7 Å². The van der Waals surface area contributed by atoms with Gasteiger partial charge in [0, 0.05) is 87.8 Å². The second-order valence-electron chi connectivity index (χ2n) is 33.4. The van der Waals surface area contributed by atoms with E-state index in [1.165, 1.54) is 143 Å². The SMILES string of the molecule is CC(C)(C)c1ccc2c(c1)c1cc(-c3ccc4c5cc(C(C)(C)C)ccc5n(-c5ccc6c(c5)oc5ccccc56)c4c3)ccc1n2-c1ccccc1.CC(C)(C)c1ccc2c(c1)c1cc(-c3ccc4c5cc(C(C)(C)C)ccc5n(-c5cccc6c5oc5ccccc56)c4c3)ccc1n2-c1ccccc1. The molecule has 0 aliphatic rings. The summed E-state index contributed by atoms with van der Waals surface area (Å²) < 4.78 is 22.7. The fraction of sp³-hybridized carbons (Fsp3) is 0.160. The van der Waals surface area contributed by atoms with Gasteiger partial charge in [0.1, 0.15) is 16.7 Å². The predicted molar refractivity (Wildman–Crippen MR) is 450 cm³/mol. The lowest BCUT2D eigenvalue weighted by molar-refractivity contribution is 0.591. The van der Waals surface area contributed by atoms with Crippen LogP contribution in [0, 0.1) is 0 Å². The maximum Gasteiger partial charge on any atom is 0.159 e. The molecule has 516 valence electrons. The van der Waals surface area contributed by atoms with E-state index in [-0.39, 0.29) is 21.7 Å². The molecule has 6 nitrogen and oxygen atoms in total. The first kappa shape index (κ1) is 64.7. The summed E-state index contributed by atoms with van der Waals surface area (Å²) in [6, 6.07) is 107. The maximum atomic E-state index is 6.64. The van der Waals surface area contributed by atoms with Crippen molar-refractivity contribution in [2.45, 2.75) is 105 Å². The second kappa shape index (κ2) is 23.7. The van der Waals surface area contributed by atoms with Gasteiger partial charge in [-0.05, 0) is 206 Å². The minimum absolute atomic E-state index is 0.0303. The molecule has 0 aliphatic heterocycles. The van der Waals surface area contributed by atoms with Crippen LogP contribution < -0.4 is 0 Å². The molecule has 106 heavy (non-hydrogen) atoms. The topological polar surface area (TPSA) is 46.0 Å². The number of nitrogens with zero attached hydrogens (tertiary/aromatic N) is 4. The number of fused-ring (bicyclic) bond motifs is 18. The Bertz CT molecular complexity index is 6970. The molecule has 0 N–H and O–H groups in total. The highest BCUT2D eigenvalue weighted by Gasteiger charge is 2.26. The molecule has 20 rings (SSSR count). The molecule has 6 heteroatoms. The summed E-state index contributed by atoms with van der Waals surface area (Å²) in [5, 5.41) is 14.6. The molecule has 0 radical (unpaired) electrons. The van der Waals surface area contributed by atoms with Gasteiger partial charge in [-0.15, -0.1) is 0 Å². The smallest absolute Gasteiger partial charge is 0.159 e. The Morgan fingerprint density at radius 3 is 0.991 bits per heavy atom. The highest BCUT2D eigenvalue weighted by Crippen LogP contribution is 2.46. The van der Waals surface area contributed by atoms with Crippen molar-refractivity contribution in [2.24, 2.45) is 0 Å². The number of hydrogen-bond donors (Lipinski definition) is 0. The predicted octanol–water partition coefficient (Wildman–Crippen LogP) is 28.1. The van der Waals surface area contributed by atoms with Gasteiger partial charge in [-0.2, -0.15) is 0 Å². The summed E-state index contributed by atoms with van der Waals surface area (Å²) in [6.07, 6.45) is 0. The molecule has 0 atom stereocenters. The lowest BCUT2D eigenvalue weighted by Gasteiger charge is -2.19. The maximum absolute atomic E-state index is 6.64. The Balaban J connectivity index is 0.000000145. The van der Waals surface area contributed by atoms with Gasteiger partial charge in [0.15, 0.2) is 5.58 Å². The number of hydrogen-bond acceptors (Lipinski definition) is 2. The average Bonchev–Trinajstić information content (AvgIpc) is 1.58. The zero-order chi connectivity index (χ0) is 72.4. The molecule has 0 saturated carbocycles. The van der Waals surface area contributed by atoms with Crippen LogP contribution in [0.3, 0.4) is 0 Å². The van der Waals surface area contributed by atoms with Gasteiger partial charge >= 0.3 is 0 Å². The van der Waals surface area contributed by atoms with Gasteiger partial charge in [0.2, 0.25) is 0 Å². The first-order valence-electron chi connectivity index (χ1n) is 37.4. The first-order valence-corrected chi connectivity index (χ1v) is 37.4. The third kappa shape index (κ3) is 10.5. The van der Waals surface area contributed by atoms with E-state index in [1.807, 2.05) is 18.2 Å². The molecule has 14 aromatic carbocycles. The number of rotatable bonds is 6. The van der Waals surface area contributed by atoms with E-state index in [4.69, 9.17) is 8.83 Å². The van der Waals surface area contributed by atoms with Gasteiger partial charge in [0.25, 0.3) is 0 Å². The van der Waals surface area contributed by atoms with Crippen LogP contribution >= 0.6 is 0 Å². The van der Waals surface area contributed by atoms with Crippen LogP contribution in [0.5, 0.6) is 0 Å². The van der Waals surface area contributed by atoms with Gasteiger partial charge in [-0.25, -0.2) is 0 Å². The summed E-state index contributed by atoms with van der Waals surface area (Å²) >= 11 is 0. The molecule has 0 bridgehead atoms. The molecular formula is C100H84N4O2. The number of benzene rings is 14. The number of aromatic nitrogens is 4. The molecule has 0 unspecified atom stereocenters. The zero-order valence-corrected chi connectivity index (χ0v) is 62.3. The lowest BCUT2D eigenvalue weighted by Crippen LogP contribution is -2.10. The van der Waals surface area contributed by atoms with E-state index >= 15 is 0 Å². The number of para-hydroxylation sites is 5. The molecule has 0 aliphatic carbocycles. The summed E-state index contributed by atoms with van der Waals surface area (Å²) in [6.45, 7) is 27.5. The molecular weight excluding hydrogens is 1290 g/mol. The summed E-state index contributed by atoms with van der Waals surface area (Å²) in [5.74, 6) is 0. The fourth-order valence-corrected chi connectivity index (χ4v) is 16.7. The Hall–Kier alpha value is -12.1. The van der Waals surface area contributed by atoms with Crippen molar-refractivity contribution in [3.8, 4) is 45.0 Å². The van der Waals surface area contributed by atoms with Crippen molar-refractivity contribution in [2.75, 3.05) is 0 Å². The van der Waals surface area contributed by atoms with Crippen LogP contribution in [0.25, 0.3) is 176 Å². The van der Waals surface area contributed by atoms with Crippen molar-refractivity contribution in [1.82, 2.24) is 18.3 Å². The van der Waals surface area contributed by atoms with E-state index < -0.39 is 0 Å². The van der Waals surface area contributed by atoms with E-state index in [9.17, 15) is 0 Å². The number of furan rings is 2. The Kier molecular flexibility index (Phi) is 14.5. The molecule has 6 aromatic heterocycles. The van der Waals surface area contributed by atoms with E-state index in [1.54, 1.807) is 0 Å². The molecule has 0 saturated heterocycles. The van der Waals surface area contributed by atoms with Gasteiger partial charge < -0.3 is 27.1 Å². The lowest BCUT2D eigenvalue weighted by atomic mass is 9.86. The largest absolute Gasteiger partial charge is 0.456 e. The van der Waals surface area contributed by atoms with Crippen molar-refractivity contribution >= 4 is 131 Å². The second-order valence-corrected chi connectivity index (χ2v) is 33.4. The summed E-state index contributed by atoms with van der Waals surface area (Å²) in [7, 11) is 0. The van der Waals surface area contributed by atoms with Crippen molar-refractivity contribution < 1.29 is 8.83 Å². The van der Waals surface area contributed by atoms with Gasteiger partial charge in [0.05, 0.1) is 49.8 Å². The van der Waals surface area contributed by atoms with Crippen LogP contribution in [0.15, 0.2) is 300 Å². The monoisotopic (exact) mass is 1370 g/mol. The molecule has 0 fully saturated rings. The third-order valence-corrected chi connectivity index (χ3v) is 22.5. The highest BCUT2D eigenvalue weighted by molar-refractivity contribution is 6.17. The molecule has 6 heterocycles. The van der Waals surface area contributed by atoms with Crippen molar-refractivity contribution in [3.63, 3.8) is 0 Å². The standard InChI is InChI=1S/2C50H42N2O/c1-49(2,3)33-22-26-44-40(29-33)36-23-19-32(28-46(36)52(44)45-17-12-16-38-37-15-10-11-18-47(37)53-48(38)45)31-20-24-42-39(27-31)41-30-34(50(4,5)6)21-25-43(41)51(42)35-13-8-7-9-14-35;1-49(2,3)33-18-24-44-41(28-33)37-21-16-32(27-46(37)52(44)36-20-22-39-38-14-10-11-15-47(38)53-48(39)30-36)31-17-23-43-40(26-31)42-29-34(50(4,5)6)19-25-45(42)51(43)35-12-8-7-9-13-35/h2*7-30H,1-6H3. The van der Waals surface area contributed by atoms with Crippen LogP contribution in [0.1, 0.15) is 105 Å². The third-order valence-electron chi connectivity index (χ3n) is 22.5. The Morgan fingerprint density at radius 2 is 0.528 bits per heavy atom. The van der Waals surface area contributed by atoms with E-state index in [2.05, 4.69) is 374 Å². The zero-order valence-electron chi connectivity index (χ0n) is 62.3. The Labute approximate surface area is 617 Å². The van der Waals surface area contributed by atoms with Crippen LogP contribution in [0.2, 0.25) is 0 Å². The van der Waals surface area contributed by atoms with Crippen LogP contribution in [-0.4, -0.2) is 18.3 Å². The van der Waals surface area contributed by atoms with Crippen molar-refractivity contribution in [3.05, 3.63) is 313 Å². The quantitative estimate of drug-likeness (QED) is 0.167. The van der Waals surface area contributed by atoms with E-state index in [0.29, 0.717) is 0 Å². The average molecular weight is 1370 g/mol.